The number of hydrogen-bond donors (Lipinski definition) is 0. The Labute approximate surface area is 178 Å². The molecule has 0 spiro atoms. The molecule has 4 nitrogen and oxygen atoms in total. The zero-order chi connectivity index (χ0) is 20.9. The first kappa shape index (κ1) is 20.0. The smallest absolute Gasteiger partial charge is 0.153 e. The third-order valence-corrected chi connectivity index (χ3v) is 5.09. The van der Waals surface area contributed by atoms with E-state index in [1.165, 1.54) is 11.1 Å². The second-order valence-corrected chi connectivity index (χ2v) is 7.71. The van der Waals surface area contributed by atoms with Crippen molar-refractivity contribution in [3.63, 3.8) is 0 Å². The van der Waals surface area contributed by atoms with Crippen LogP contribution in [0.4, 0.5) is 0 Å². The van der Waals surface area contributed by atoms with Gasteiger partial charge in [-0.15, -0.1) is 0 Å². The summed E-state index contributed by atoms with van der Waals surface area (Å²) in [5, 5.41) is 0. The number of hydrogen-bond acceptors (Lipinski definition) is 3. The summed E-state index contributed by atoms with van der Waals surface area (Å²) in [6, 6.07) is 24.5. The summed E-state index contributed by atoms with van der Waals surface area (Å²) in [6.07, 6.45) is 0.735. The molecular formula is C26H28N2O2. The molecule has 4 heteroatoms. The summed E-state index contributed by atoms with van der Waals surface area (Å²) in [7, 11) is 0. The van der Waals surface area contributed by atoms with Gasteiger partial charge in [-0.25, -0.2) is 4.98 Å². The zero-order valence-electron chi connectivity index (χ0n) is 17.8. The van der Waals surface area contributed by atoms with Gasteiger partial charge in [-0.3, -0.25) is 0 Å². The number of ether oxygens (including phenoxy) is 2. The average molecular weight is 401 g/mol. The normalized spacial score (nSPS) is 12.1. The predicted octanol–water partition coefficient (Wildman–Crippen LogP) is 6.26. The molecule has 0 bridgehead atoms. The zero-order valence-corrected chi connectivity index (χ0v) is 17.8. The van der Waals surface area contributed by atoms with Gasteiger partial charge in [-0.1, -0.05) is 36.4 Å². The van der Waals surface area contributed by atoms with Gasteiger partial charge in [0.05, 0.1) is 17.6 Å². The van der Waals surface area contributed by atoms with Crippen molar-refractivity contribution in [2.75, 3.05) is 6.61 Å². The van der Waals surface area contributed by atoms with E-state index in [-0.39, 0.29) is 6.10 Å². The molecule has 0 amide bonds. The standard InChI is InChI=1S/C26H28N2O2/c1-19-16-20(2)18-23(17-19)29-15-9-14-28-25-13-8-7-12-24(25)27-26(28)21(3)30-22-10-5-4-6-11-22/h4-8,10-13,16-18,21H,9,14-15H2,1-3H3. The molecule has 0 aliphatic rings. The van der Waals surface area contributed by atoms with Gasteiger partial charge in [-0.2, -0.15) is 0 Å². The van der Waals surface area contributed by atoms with Crippen LogP contribution in [-0.4, -0.2) is 16.2 Å². The minimum Gasteiger partial charge on any atom is -0.494 e. The van der Waals surface area contributed by atoms with Gasteiger partial charge >= 0.3 is 0 Å². The number of rotatable bonds is 8. The molecule has 30 heavy (non-hydrogen) atoms. The fraction of sp³-hybridized carbons (Fsp3) is 0.269. The first-order valence-corrected chi connectivity index (χ1v) is 10.5. The van der Waals surface area contributed by atoms with Crippen molar-refractivity contribution >= 4 is 11.0 Å². The van der Waals surface area contributed by atoms with Crippen molar-refractivity contribution in [3.8, 4) is 11.5 Å². The molecule has 0 saturated heterocycles. The van der Waals surface area contributed by atoms with Crippen molar-refractivity contribution in [3.05, 3.63) is 89.7 Å². The fourth-order valence-electron chi connectivity index (χ4n) is 3.82. The lowest BCUT2D eigenvalue weighted by Crippen LogP contribution is -2.13. The molecular weight excluding hydrogens is 372 g/mol. The second-order valence-electron chi connectivity index (χ2n) is 7.71. The Hall–Kier alpha value is -3.27. The number of aromatic nitrogens is 2. The van der Waals surface area contributed by atoms with Gasteiger partial charge in [0.1, 0.15) is 11.5 Å². The maximum atomic E-state index is 6.16. The summed E-state index contributed by atoms with van der Waals surface area (Å²) in [5.41, 5.74) is 4.56. The third kappa shape index (κ3) is 4.65. The van der Waals surface area contributed by atoms with Crippen LogP contribution in [0.15, 0.2) is 72.8 Å². The van der Waals surface area contributed by atoms with Crippen molar-refractivity contribution in [2.24, 2.45) is 0 Å². The van der Waals surface area contributed by atoms with E-state index in [1.807, 2.05) is 36.4 Å². The van der Waals surface area contributed by atoms with Gasteiger partial charge in [-0.05, 0) is 74.7 Å². The van der Waals surface area contributed by atoms with Crippen LogP contribution in [0.3, 0.4) is 0 Å². The molecule has 0 radical (unpaired) electrons. The van der Waals surface area contributed by atoms with Crippen molar-refractivity contribution in [1.82, 2.24) is 9.55 Å². The van der Waals surface area contributed by atoms with E-state index in [9.17, 15) is 0 Å². The van der Waals surface area contributed by atoms with Crippen LogP contribution in [0.25, 0.3) is 11.0 Å². The van der Waals surface area contributed by atoms with Crippen LogP contribution in [0, 0.1) is 13.8 Å². The Morgan fingerprint density at radius 2 is 1.57 bits per heavy atom. The molecule has 0 fully saturated rings. The second kappa shape index (κ2) is 9.04. The monoisotopic (exact) mass is 400 g/mol. The Bertz CT molecular complexity index is 1100. The minimum atomic E-state index is -0.153. The van der Waals surface area contributed by atoms with E-state index in [2.05, 4.69) is 61.7 Å². The SMILES string of the molecule is Cc1cc(C)cc(OCCCn2c(C(C)Oc3ccccc3)nc3ccccc32)c1. The Morgan fingerprint density at radius 1 is 0.867 bits per heavy atom. The maximum Gasteiger partial charge on any atom is 0.153 e. The van der Waals surface area contributed by atoms with Gasteiger partial charge < -0.3 is 14.0 Å². The summed E-state index contributed by atoms with van der Waals surface area (Å²) in [5.74, 6) is 2.72. The number of para-hydroxylation sites is 3. The summed E-state index contributed by atoms with van der Waals surface area (Å²) in [4.78, 5) is 4.87. The summed E-state index contributed by atoms with van der Waals surface area (Å²) in [6.45, 7) is 7.72. The third-order valence-electron chi connectivity index (χ3n) is 5.09. The molecule has 1 aromatic heterocycles. The van der Waals surface area contributed by atoms with Crippen molar-refractivity contribution < 1.29 is 9.47 Å². The van der Waals surface area contributed by atoms with Crippen LogP contribution >= 0.6 is 0 Å². The van der Waals surface area contributed by atoms with Gasteiger partial charge in [0, 0.05) is 6.54 Å². The van der Waals surface area contributed by atoms with Gasteiger partial charge in [0.2, 0.25) is 0 Å². The topological polar surface area (TPSA) is 36.3 Å². The molecule has 0 N–H and O–H groups in total. The molecule has 0 saturated carbocycles. The highest BCUT2D eigenvalue weighted by molar-refractivity contribution is 5.76. The molecule has 4 rings (SSSR count). The van der Waals surface area contributed by atoms with E-state index < -0.39 is 0 Å². The van der Waals surface area contributed by atoms with E-state index in [1.54, 1.807) is 0 Å². The number of imidazole rings is 1. The number of benzene rings is 3. The average Bonchev–Trinajstić information content (AvgIpc) is 3.10. The molecule has 1 atom stereocenters. The number of fused-ring (bicyclic) bond motifs is 1. The van der Waals surface area contributed by atoms with Gasteiger partial charge in [0.15, 0.2) is 11.9 Å². The lowest BCUT2D eigenvalue weighted by Gasteiger charge is -2.17. The highest BCUT2D eigenvalue weighted by Crippen LogP contribution is 2.25. The molecule has 1 heterocycles. The Balaban J connectivity index is 1.48. The largest absolute Gasteiger partial charge is 0.494 e. The lowest BCUT2D eigenvalue weighted by molar-refractivity contribution is 0.210. The first-order chi connectivity index (χ1) is 14.6. The van der Waals surface area contributed by atoms with Crippen molar-refractivity contribution in [2.45, 2.75) is 39.8 Å². The minimum absolute atomic E-state index is 0.153. The molecule has 154 valence electrons. The molecule has 3 aromatic carbocycles. The molecule has 0 aliphatic heterocycles. The quantitative estimate of drug-likeness (QED) is 0.327. The van der Waals surface area contributed by atoms with Crippen LogP contribution < -0.4 is 9.47 Å². The maximum absolute atomic E-state index is 6.16. The van der Waals surface area contributed by atoms with Crippen LogP contribution in [0.1, 0.15) is 36.4 Å². The van der Waals surface area contributed by atoms with Crippen molar-refractivity contribution in [1.29, 1.82) is 0 Å². The molecule has 0 aliphatic carbocycles. The van der Waals surface area contributed by atoms with Crippen LogP contribution in [0.5, 0.6) is 11.5 Å². The summed E-state index contributed by atoms with van der Waals surface area (Å²) >= 11 is 0. The van der Waals surface area contributed by atoms with E-state index in [4.69, 9.17) is 14.5 Å². The van der Waals surface area contributed by atoms with Crippen LogP contribution in [0.2, 0.25) is 0 Å². The van der Waals surface area contributed by atoms with E-state index in [0.717, 1.165) is 41.3 Å². The number of aryl methyl sites for hydroxylation is 3. The predicted molar refractivity (Wildman–Crippen MR) is 121 cm³/mol. The lowest BCUT2D eigenvalue weighted by atomic mass is 10.1. The Morgan fingerprint density at radius 3 is 2.33 bits per heavy atom. The fourth-order valence-corrected chi connectivity index (χ4v) is 3.82. The highest BCUT2D eigenvalue weighted by Gasteiger charge is 2.18. The first-order valence-electron chi connectivity index (χ1n) is 10.5. The van der Waals surface area contributed by atoms with Gasteiger partial charge in [0.25, 0.3) is 0 Å². The molecule has 1 unspecified atom stereocenters. The number of nitrogens with zero attached hydrogens (tertiary/aromatic N) is 2. The highest BCUT2D eigenvalue weighted by atomic mass is 16.5. The molecule has 4 aromatic rings. The Kier molecular flexibility index (Phi) is 6.03. The summed E-state index contributed by atoms with van der Waals surface area (Å²) < 4.78 is 14.4. The van der Waals surface area contributed by atoms with Crippen LogP contribution in [-0.2, 0) is 6.54 Å². The van der Waals surface area contributed by atoms with E-state index >= 15 is 0 Å². The van der Waals surface area contributed by atoms with E-state index in [0.29, 0.717) is 6.61 Å².